The van der Waals surface area contributed by atoms with Crippen LogP contribution >= 0.6 is 0 Å². The molecule has 0 N–H and O–H groups in total. The van der Waals surface area contributed by atoms with Crippen molar-refractivity contribution in [2.45, 2.75) is 6.42 Å². The summed E-state index contributed by atoms with van der Waals surface area (Å²) < 4.78 is 0. The molecule has 0 saturated carbocycles. The quantitative estimate of drug-likeness (QED) is 0.829. The number of carbonyl (C=O) groups is 1. The number of anilines is 1. The Labute approximate surface area is 123 Å². The van der Waals surface area contributed by atoms with E-state index in [0.717, 1.165) is 31.9 Å². The monoisotopic (exact) mass is 283 g/mol. The normalized spacial score (nSPS) is 15.6. The average molecular weight is 283 g/mol. The van der Waals surface area contributed by atoms with Crippen molar-refractivity contribution in [2.24, 2.45) is 0 Å². The lowest BCUT2D eigenvalue weighted by Crippen LogP contribution is -2.35. The molecule has 0 atom stereocenters. The van der Waals surface area contributed by atoms with E-state index in [1.807, 2.05) is 23.1 Å². The van der Waals surface area contributed by atoms with E-state index in [4.69, 9.17) is 0 Å². The maximum Gasteiger partial charge on any atom is 0.274 e. The number of pyridine rings is 1. The minimum Gasteiger partial charge on any atom is -0.355 e. The van der Waals surface area contributed by atoms with Crippen molar-refractivity contribution in [3.05, 3.63) is 48.7 Å². The van der Waals surface area contributed by atoms with Gasteiger partial charge in [-0.25, -0.2) is 9.97 Å². The highest BCUT2D eigenvalue weighted by Gasteiger charge is 2.21. The molecule has 1 aliphatic rings. The van der Waals surface area contributed by atoms with E-state index < -0.39 is 0 Å². The van der Waals surface area contributed by atoms with Crippen molar-refractivity contribution in [3.8, 4) is 0 Å². The summed E-state index contributed by atoms with van der Waals surface area (Å²) in [6, 6.07) is 5.89. The minimum atomic E-state index is -0.0500. The lowest BCUT2D eigenvalue weighted by Gasteiger charge is -2.22. The van der Waals surface area contributed by atoms with Gasteiger partial charge in [-0.2, -0.15) is 0 Å². The van der Waals surface area contributed by atoms with Crippen LogP contribution in [-0.4, -0.2) is 51.9 Å². The van der Waals surface area contributed by atoms with Crippen LogP contribution in [0.3, 0.4) is 0 Å². The van der Waals surface area contributed by atoms with Crippen molar-refractivity contribution >= 4 is 11.7 Å². The molecule has 1 aliphatic heterocycles. The van der Waals surface area contributed by atoms with Gasteiger partial charge in [0.05, 0.1) is 6.20 Å². The van der Waals surface area contributed by atoms with Crippen molar-refractivity contribution in [1.29, 1.82) is 0 Å². The Morgan fingerprint density at radius 3 is 2.71 bits per heavy atom. The predicted molar refractivity (Wildman–Crippen MR) is 79.0 cm³/mol. The van der Waals surface area contributed by atoms with Crippen molar-refractivity contribution in [1.82, 2.24) is 19.9 Å². The summed E-state index contributed by atoms with van der Waals surface area (Å²) in [6.45, 7) is 3.09. The predicted octanol–water partition coefficient (Wildman–Crippen LogP) is 1.22. The van der Waals surface area contributed by atoms with Crippen LogP contribution in [0.1, 0.15) is 16.9 Å². The lowest BCUT2D eigenvalue weighted by atomic mass is 10.3. The van der Waals surface area contributed by atoms with E-state index in [1.54, 1.807) is 18.6 Å². The minimum absolute atomic E-state index is 0.0500. The van der Waals surface area contributed by atoms with Crippen LogP contribution in [0.15, 0.2) is 43.0 Å². The molecule has 108 valence electrons. The van der Waals surface area contributed by atoms with E-state index in [9.17, 15) is 4.79 Å². The Hall–Kier alpha value is -2.50. The standard InChI is InChI=1S/C15H17N5O/c21-15(13-12-16-6-7-17-13)20-9-3-8-19(10-11-20)14-4-1-2-5-18-14/h1-2,4-7,12H,3,8-11H2. The molecule has 0 bridgehead atoms. The fourth-order valence-electron chi connectivity index (χ4n) is 2.46. The van der Waals surface area contributed by atoms with Gasteiger partial charge in [0.1, 0.15) is 11.5 Å². The van der Waals surface area contributed by atoms with Gasteiger partial charge in [0, 0.05) is 44.8 Å². The molecule has 1 fully saturated rings. The third-order valence-electron chi connectivity index (χ3n) is 3.54. The zero-order valence-corrected chi connectivity index (χ0v) is 11.7. The number of nitrogens with zero attached hydrogens (tertiary/aromatic N) is 5. The summed E-state index contributed by atoms with van der Waals surface area (Å²) in [6.07, 6.45) is 7.35. The van der Waals surface area contributed by atoms with E-state index in [-0.39, 0.29) is 5.91 Å². The van der Waals surface area contributed by atoms with Gasteiger partial charge in [-0.1, -0.05) is 6.07 Å². The summed E-state index contributed by atoms with van der Waals surface area (Å²) in [7, 11) is 0. The van der Waals surface area contributed by atoms with E-state index in [1.165, 1.54) is 6.20 Å². The number of carbonyl (C=O) groups excluding carboxylic acids is 1. The Bertz CT molecular complexity index is 590. The molecule has 3 rings (SSSR count). The molecule has 21 heavy (non-hydrogen) atoms. The first-order valence-electron chi connectivity index (χ1n) is 7.06. The number of hydrogen-bond acceptors (Lipinski definition) is 5. The zero-order valence-electron chi connectivity index (χ0n) is 11.7. The molecule has 2 aromatic rings. The lowest BCUT2D eigenvalue weighted by molar-refractivity contribution is 0.0760. The second kappa shape index (κ2) is 6.30. The van der Waals surface area contributed by atoms with Crippen molar-refractivity contribution < 1.29 is 4.79 Å². The Balaban J connectivity index is 1.67. The van der Waals surface area contributed by atoms with Gasteiger partial charge >= 0.3 is 0 Å². The number of hydrogen-bond donors (Lipinski definition) is 0. The molecule has 6 heteroatoms. The fourth-order valence-corrected chi connectivity index (χ4v) is 2.46. The molecular formula is C15H17N5O. The van der Waals surface area contributed by atoms with Gasteiger partial charge in [0.15, 0.2) is 0 Å². The maximum atomic E-state index is 12.4. The van der Waals surface area contributed by atoms with Gasteiger partial charge in [-0.05, 0) is 18.6 Å². The molecule has 3 heterocycles. The van der Waals surface area contributed by atoms with Crippen LogP contribution in [0.2, 0.25) is 0 Å². The van der Waals surface area contributed by atoms with Crippen molar-refractivity contribution in [2.75, 3.05) is 31.1 Å². The molecule has 0 spiro atoms. The topological polar surface area (TPSA) is 62.2 Å². The second-order valence-electron chi connectivity index (χ2n) is 4.91. The molecule has 2 aromatic heterocycles. The van der Waals surface area contributed by atoms with Gasteiger partial charge < -0.3 is 9.80 Å². The molecule has 6 nitrogen and oxygen atoms in total. The maximum absolute atomic E-state index is 12.4. The van der Waals surface area contributed by atoms with Gasteiger partial charge in [-0.3, -0.25) is 9.78 Å². The number of rotatable bonds is 2. The first kappa shape index (κ1) is 13.5. The summed E-state index contributed by atoms with van der Waals surface area (Å²) in [4.78, 5) is 28.8. The fraction of sp³-hybridized carbons (Fsp3) is 0.333. The Morgan fingerprint density at radius 1 is 1.00 bits per heavy atom. The molecule has 1 saturated heterocycles. The summed E-state index contributed by atoms with van der Waals surface area (Å²) in [5.41, 5.74) is 0.406. The van der Waals surface area contributed by atoms with Crippen LogP contribution in [0.4, 0.5) is 5.82 Å². The molecular weight excluding hydrogens is 266 g/mol. The van der Waals surface area contributed by atoms with Crippen LogP contribution in [0.5, 0.6) is 0 Å². The molecule has 0 aliphatic carbocycles. The second-order valence-corrected chi connectivity index (χ2v) is 4.91. The molecule has 0 unspecified atom stereocenters. The highest BCUT2D eigenvalue weighted by atomic mass is 16.2. The van der Waals surface area contributed by atoms with E-state index >= 15 is 0 Å². The first-order chi connectivity index (χ1) is 10.3. The van der Waals surface area contributed by atoms with Crippen LogP contribution in [0, 0.1) is 0 Å². The van der Waals surface area contributed by atoms with E-state index in [0.29, 0.717) is 12.2 Å². The van der Waals surface area contributed by atoms with Crippen LogP contribution < -0.4 is 4.90 Å². The Morgan fingerprint density at radius 2 is 1.95 bits per heavy atom. The third kappa shape index (κ3) is 3.16. The van der Waals surface area contributed by atoms with Gasteiger partial charge in [0.25, 0.3) is 5.91 Å². The smallest absolute Gasteiger partial charge is 0.274 e. The molecule has 0 aromatic carbocycles. The number of aromatic nitrogens is 3. The van der Waals surface area contributed by atoms with E-state index in [2.05, 4.69) is 19.9 Å². The van der Waals surface area contributed by atoms with Crippen LogP contribution in [0.25, 0.3) is 0 Å². The van der Waals surface area contributed by atoms with Gasteiger partial charge in [0.2, 0.25) is 0 Å². The highest BCUT2D eigenvalue weighted by Crippen LogP contribution is 2.13. The summed E-state index contributed by atoms with van der Waals surface area (Å²) in [5, 5.41) is 0. The molecule has 0 radical (unpaired) electrons. The zero-order chi connectivity index (χ0) is 14.5. The Kier molecular flexibility index (Phi) is 4.04. The van der Waals surface area contributed by atoms with Gasteiger partial charge in [-0.15, -0.1) is 0 Å². The SMILES string of the molecule is O=C(c1cnccn1)N1CCCN(c2ccccn2)CC1. The molecule has 1 amide bonds. The largest absolute Gasteiger partial charge is 0.355 e. The summed E-state index contributed by atoms with van der Waals surface area (Å²) >= 11 is 0. The third-order valence-corrected chi connectivity index (χ3v) is 3.54. The first-order valence-corrected chi connectivity index (χ1v) is 7.06. The van der Waals surface area contributed by atoms with Crippen LogP contribution in [-0.2, 0) is 0 Å². The number of amides is 1. The summed E-state index contributed by atoms with van der Waals surface area (Å²) in [5.74, 6) is 0.914. The average Bonchev–Trinajstić information content (AvgIpc) is 2.82. The van der Waals surface area contributed by atoms with Crippen molar-refractivity contribution in [3.63, 3.8) is 0 Å². The highest BCUT2D eigenvalue weighted by molar-refractivity contribution is 5.92.